The van der Waals surface area contributed by atoms with E-state index in [1.165, 1.54) is 0 Å². The molecule has 1 saturated heterocycles. The van der Waals surface area contributed by atoms with Gasteiger partial charge in [0.15, 0.2) is 0 Å². The van der Waals surface area contributed by atoms with Crippen LogP contribution in [0.3, 0.4) is 0 Å². The summed E-state index contributed by atoms with van der Waals surface area (Å²) in [5.74, 6) is -7.76. The molecule has 2 atom stereocenters. The lowest BCUT2D eigenvalue weighted by Crippen LogP contribution is -2.51. The first-order chi connectivity index (χ1) is 30.3. The van der Waals surface area contributed by atoms with Gasteiger partial charge in [-0.25, -0.2) is 14.4 Å². The van der Waals surface area contributed by atoms with Crippen molar-refractivity contribution < 1.29 is 73.8 Å². The maximum atomic E-state index is 13.5. The molecule has 64 heavy (non-hydrogen) atoms. The fraction of sp³-hybridized carbons (Fsp3) is 0.625. The molecule has 9 N–H and O–H groups in total. The minimum absolute atomic E-state index is 0.0401. The quantitative estimate of drug-likeness (QED) is 0.0515. The van der Waals surface area contributed by atoms with Gasteiger partial charge in [-0.1, -0.05) is 28.1 Å². The van der Waals surface area contributed by atoms with E-state index < -0.39 is 66.8 Å². The zero-order valence-corrected chi connectivity index (χ0v) is 37.3. The number of carboxylic acid groups (broad SMARTS) is 6. The second-order valence-corrected chi connectivity index (χ2v) is 16.3. The van der Waals surface area contributed by atoms with Crippen molar-refractivity contribution in [1.29, 1.82) is 0 Å². The van der Waals surface area contributed by atoms with E-state index in [1.807, 2.05) is 29.2 Å². The number of halogens is 1. The van der Waals surface area contributed by atoms with E-state index in [0.717, 1.165) is 10.0 Å². The Morgan fingerprint density at radius 1 is 0.562 bits per heavy atom. The monoisotopic (exact) mass is 972 g/mol. The SMILES string of the molecule is O=C(O)CC[C@H](NC(=O)N[C@@H](CCCCN(Cc1ccc(Br)cc1)C(=O)CCCCNC(=O)CN1CCN(CC(=O)O)CCN(CC(=O)O)CCN(CC(=O)O)CC1)C(=O)O)C(=O)O. The number of urea groups is 1. The third kappa shape index (κ3) is 24.4. The van der Waals surface area contributed by atoms with E-state index in [1.54, 1.807) is 19.6 Å². The van der Waals surface area contributed by atoms with Gasteiger partial charge < -0.3 is 51.5 Å². The summed E-state index contributed by atoms with van der Waals surface area (Å²) in [4.78, 5) is 116. The van der Waals surface area contributed by atoms with Crippen molar-refractivity contribution in [3.8, 4) is 0 Å². The summed E-state index contributed by atoms with van der Waals surface area (Å²) >= 11 is 3.39. The average Bonchev–Trinajstić information content (AvgIpc) is 3.20. The smallest absolute Gasteiger partial charge is 0.326 e. The zero-order valence-electron chi connectivity index (χ0n) is 35.7. The molecule has 1 heterocycles. The van der Waals surface area contributed by atoms with Crippen LogP contribution in [0.1, 0.15) is 56.9 Å². The number of carbonyl (C=O) groups excluding carboxylic acids is 3. The highest BCUT2D eigenvalue weighted by atomic mass is 79.9. The second kappa shape index (κ2) is 29.8. The zero-order chi connectivity index (χ0) is 47.6. The maximum absolute atomic E-state index is 13.5. The second-order valence-electron chi connectivity index (χ2n) is 15.4. The Morgan fingerprint density at radius 3 is 1.45 bits per heavy atom. The Balaban J connectivity index is 1.96. The highest BCUT2D eigenvalue weighted by Gasteiger charge is 2.26. The van der Waals surface area contributed by atoms with Crippen LogP contribution in [-0.2, 0) is 44.9 Å². The number of unbranched alkanes of at least 4 members (excludes halogenated alkanes) is 2. The van der Waals surface area contributed by atoms with Gasteiger partial charge in [0.2, 0.25) is 11.8 Å². The molecule has 0 bridgehead atoms. The molecule has 358 valence electrons. The van der Waals surface area contributed by atoms with Gasteiger partial charge in [0.25, 0.3) is 0 Å². The van der Waals surface area contributed by atoms with Crippen LogP contribution in [0.4, 0.5) is 4.79 Å². The molecule has 24 heteroatoms. The molecule has 2 rings (SSSR count). The summed E-state index contributed by atoms with van der Waals surface area (Å²) in [6, 6.07) is 3.37. The van der Waals surface area contributed by atoms with Crippen molar-refractivity contribution in [1.82, 2.24) is 40.4 Å². The van der Waals surface area contributed by atoms with Crippen LogP contribution < -0.4 is 16.0 Å². The van der Waals surface area contributed by atoms with Crippen molar-refractivity contribution >= 4 is 69.6 Å². The molecule has 0 aliphatic carbocycles. The first-order valence-electron chi connectivity index (χ1n) is 20.9. The molecule has 1 aliphatic rings. The number of carbonyl (C=O) groups is 9. The fourth-order valence-electron chi connectivity index (χ4n) is 6.73. The summed E-state index contributed by atoms with van der Waals surface area (Å²) in [5.41, 5.74) is 0.848. The number of nitrogens with zero attached hydrogens (tertiary/aromatic N) is 5. The molecule has 4 amide bonds. The molecule has 0 spiro atoms. The Kier molecular flexibility index (Phi) is 25.5. The third-order valence-corrected chi connectivity index (χ3v) is 10.7. The highest BCUT2D eigenvalue weighted by molar-refractivity contribution is 9.10. The molecule has 1 aromatic rings. The third-order valence-electron chi connectivity index (χ3n) is 10.2. The minimum atomic E-state index is -1.54. The summed E-state index contributed by atoms with van der Waals surface area (Å²) in [6.45, 7) is 1.96. The van der Waals surface area contributed by atoms with Gasteiger partial charge in [-0.15, -0.1) is 0 Å². The number of hydrogen-bond donors (Lipinski definition) is 9. The number of benzene rings is 1. The maximum Gasteiger partial charge on any atom is 0.326 e. The van der Waals surface area contributed by atoms with Gasteiger partial charge in [0.05, 0.1) is 26.2 Å². The normalized spacial score (nSPS) is 15.6. The van der Waals surface area contributed by atoms with Crippen molar-refractivity contribution in [2.45, 2.75) is 70.0 Å². The van der Waals surface area contributed by atoms with Crippen LogP contribution in [-0.4, -0.2) is 213 Å². The lowest BCUT2D eigenvalue weighted by molar-refractivity contribution is -0.141. The van der Waals surface area contributed by atoms with Gasteiger partial charge in [-0.3, -0.25) is 48.4 Å². The number of aliphatic carboxylic acids is 6. The molecule has 1 aromatic carbocycles. The number of hydrogen-bond acceptors (Lipinski definition) is 13. The lowest BCUT2D eigenvalue weighted by Gasteiger charge is -2.32. The summed E-state index contributed by atoms with van der Waals surface area (Å²) in [6.07, 6.45) is 0.705. The predicted octanol–water partition coefficient (Wildman–Crippen LogP) is -0.220. The minimum Gasteiger partial charge on any atom is -0.481 e. The van der Waals surface area contributed by atoms with Gasteiger partial charge in [0, 0.05) is 89.3 Å². The fourth-order valence-corrected chi connectivity index (χ4v) is 6.99. The molecule has 1 fully saturated rings. The molecule has 1 aliphatic heterocycles. The van der Waals surface area contributed by atoms with Crippen LogP contribution in [0.2, 0.25) is 0 Å². The molecule has 0 radical (unpaired) electrons. The van der Waals surface area contributed by atoms with Crippen LogP contribution in [0.5, 0.6) is 0 Å². The Labute approximate surface area is 378 Å². The number of rotatable bonds is 27. The van der Waals surface area contributed by atoms with Crippen molar-refractivity contribution in [3.63, 3.8) is 0 Å². The Hall–Kier alpha value is -5.43. The Bertz CT molecular complexity index is 1690. The van der Waals surface area contributed by atoms with E-state index in [9.17, 15) is 68.7 Å². The lowest BCUT2D eigenvalue weighted by atomic mass is 10.1. The molecule has 23 nitrogen and oxygen atoms in total. The number of amides is 4. The van der Waals surface area contributed by atoms with E-state index in [2.05, 4.69) is 31.9 Å². The largest absolute Gasteiger partial charge is 0.481 e. The molecule has 0 saturated carbocycles. The topological polar surface area (TPSA) is 327 Å². The summed E-state index contributed by atoms with van der Waals surface area (Å²) in [5, 5.41) is 63.3. The van der Waals surface area contributed by atoms with Crippen LogP contribution >= 0.6 is 15.9 Å². The molecular formula is C40H61BrN8O15. The standard InChI is InChI=1S/C40H61BrN8O15/c41-29-9-7-28(8-10-29)23-49(14-4-2-5-30(38(60)61)43-40(64)44-31(39(62)63)11-12-34(52)53)33(51)6-1-3-13-42-32(50)24-45-15-17-46(25-35(54)55)19-21-48(27-37(58)59)22-20-47(18-16-45)26-36(56)57/h7-10,30-31H,1-6,11-27H2,(H,42,50)(H,52,53)(H,54,55)(H,56,57)(H,58,59)(H,60,61)(H,62,63)(H2,43,44,64)/t30-,31-/m0/s1. The highest BCUT2D eigenvalue weighted by Crippen LogP contribution is 2.15. The van der Waals surface area contributed by atoms with E-state index in [0.29, 0.717) is 19.3 Å². The first-order valence-corrected chi connectivity index (χ1v) is 21.7. The van der Waals surface area contributed by atoms with Crippen LogP contribution in [0.25, 0.3) is 0 Å². The average molecular weight is 974 g/mol. The molecule has 0 unspecified atom stereocenters. The van der Waals surface area contributed by atoms with Gasteiger partial charge in [-0.05, 0) is 56.2 Å². The van der Waals surface area contributed by atoms with E-state index in [4.69, 9.17) is 5.11 Å². The van der Waals surface area contributed by atoms with Gasteiger partial charge in [-0.2, -0.15) is 0 Å². The van der Waals surface area contributed by atoms with E-state index in [-0.39, 0.29) is 129 Å². The van der Waals surface area contributed by atoms with Crippen molar-refractivity contribution in [2.75, 3.05) is 91.6 Å². The summed E-state index contributed by atoms with van der Waals surface area (Å²) in [7, 11) is 0. The van der Waals surface area contributed by atoms with Gasteiger partial charge in [0.1, 0.15) is 12.1 Å². The number of nitrogens with one attached hydrogen (secondary N) is 3. The Morgan fingerprint density at radius 2 is 1.02 bits per heavy atom. The molecule has 0 aromatic heterocycles. The van der Waals surface area contributed by atoms with Crippen LogP contribution in [0, 0.1) is 0 Å². The van der Waals surface area contributed by atoms with Crippen molar-refractivity contribution in [2.24, 2.45) is 0 Å². The van der Waals surface area contributed by atoms with Gasteiger partial charge >= 0.3 is 41.8 Å². The number of carboxylic acids is 6. The van der Waals surface area contributed by atoms with E-state index >= 15 is 0 Å². The van der Waals surface area contributed by atoms with Crippen LogP contribution in [0.15, 0.2) is 28.7 Å². The van der Waals surface area contributed by atoms with Crippen molar-refractivity contribution in [3.05, 3.63) is 34.3 Å². The molecular weight excluding hydrogens is 912 g/mol. The predicted molar refractivity (Wildman–Crippen MR) is 230 cm³/mol. The first kappa shape index (κ1) is 54.7. The summed E-state index contributed by atoms with van der Waals surface area (Å²) < 4.78 is 0.846.